The lowest BCUT2D eigenvalue weighted by atomic mass is 10.2. The molecule has 0 aliphatic carbocycles. The van der Waals surface area contributed by atoms with Crippen LogP contribution in [0.1, 0.15) is 17.7 Å². The Morgan fingerprint density at radius 2 is 2.07 bits per heavy atom. The van der Waals surface area contributed by atoms with Gasteiger partial charge in [0, 0.05) is 19.0 Å². The number of hydrogen-bond acceptors (Lipinski definition) is 6. The van der Waals surface area contributed by atoms with Gasteiger partial charge in [-0.05, 0) is 31.5 Å². The zero-order valence-corrected chi connectivity index (χ0v) is 16.5. The fraction of sp³-hybridized carbons (Fsp3) is 0.368. The largest absolute Gasteiger partial charge is 0.488 e. The van der Waals surface area contributed by atoms with Gasteiger partial charge in [-0.15, -0.1) is 0 Å². The molecule has 1 amide bonds. The van der Waals surface area contributed by atoms with Gasteiger partial charge in [0.2, 0.25) is 15.9 Å². The number of sulfonamides is 1. The molecule has 1 saturated heterocycles. The molecular formula is C19H22N2O6S. The number of rotatable bonds is 6. The zero-order chi connectivity index (χ0) is 20.3. The molecule has 3 rings (SSSR count). The molecule has 9 heteroatoms. The Hall–Kier alpha value is -2.65. The van der Waals surface area contributed by atoms with Crippen molar-refractivity contribution in [2.24, 2.45) is 0 Å². The molecule has 0 radical (unpaired) electrons. The Morgan fingerprint density at radius 1 is 1.29 bits per heavy atom. The van der Waals surface area contributed by atoms with Crippen molar-refractivity contribution in [3.05, 3.63) is 58.1 Å². The van der Waals surface area contributed by atoms with Crippen LogP contribution in [-0.2, 0) is 14.8 Å². The summed E-state index contributed by atoms with van der Waals surface area (Å²) in [5, 5.41) is 0. The van der Waals surface area contributed by atoms with E-state index < -0.39 is 15.6 Å². The van der Waals surface area contributed by atoms with Crippen LogP contribution in [0.4, 0.5) is 0 Å². The van der Waals surface area contributed by atoms with Crippen LogP contribution in [0.2, 0.25) is 0 Å². The second-order valence-corrected chi connectivity index (χ2v) is 8.50. The highest BCUT2D eigenvalue weighted by Gasteiger charge is 2.28. The average Bonchev–Trinajstić information content (AvgIpc) is 3.07. The van der Waals surface area contributed by atoms with E-state index in [1.54, 1.807) is 43.0 Å². The lowest BCUT2D eigenvalue weighted by molar-refractivity contribution is -0.129. The van der Waals surface area contributed by atoms with Crippen LogP contribution in [0.3, 0.4) is 0 Å². The lowest BCUT2D eigenvalue weighted by Gasteiger charge is -2.17. The van der Waals surface area contributed by atoms with Gasteiger partial charge in [0.15, 0.2) is 0 Å². The highest BCUT2D eigenvalue weighted by Crippen LogP contribution is 2.18. The number of ether oxygens (including phenoxy) is 1. The number of amides is 1. The number of carbonyl (C=O) groups excluding carboxylic acids is 1. The third-order valence-corrected chi connectivity index (χ3v) is 5.78. The Bertz CT molecular complexity index is 1030. The number of likely N-dealkylation sites (tertiary alicyclic amines) is 1. The first-order valence-electron chi connectivity index (χ1n) is 8.85. The number of nitrogens with one attached hydrogen (secondary N) is 1. The van der Waals surface area contributed by atoms with Gasteiger partial charge in [-0.1, -0.05) is 12.1 Å². The third kappa shape index (κ3) is 4.99. The average molecular weight is 406 g/mol. The predicted molar refractivity (Wildman–Crippen MR) is 102 cm³/mol. The van der Waals surface area contributed by atoms with Crippen LogP contribution in [0.25, 0.3) is 0 Å². The highest BCUT2D eigenvalue weighted by molar-refractivity contribution is 7.89. The molecule has 28 heavy (non-hydrogen) atoms. The Balaban J connectivity index is 1.55. The minimum absolute atomic E-state index is 0.126. The fourth-order valence-electron chi connectivity index (χ4n) is 3.02. The molecular weight excluding hydrogens is 384 g/mol. The minimum atomic E-state index is -3.75. The molecule has 150 valence electrons. The maximum atomic E-state index is 12.4. The van der Waals surface area contributed by atoms with Crippen LogP contribution in [-0.4, -0.2) is 45.0 Å². The SMILES string of the molecule is Cc1cccc(S(=O)(=O)NCC(=O)N2CCC(Oc3cc(C)oc(=O)c3)C2)c1. The molecule has 1 unspecified atom stereocenters. The van der Waals surface area contributed by atoms with Crippen molar-refractivity contribution in [1.82, 2.24) is 9.62 Å². The van der Waals surface area contributed by atoms with Crippen LogP contribution in [0.15, 0.2) is 50.5 Å². The van der Waals surface area contributed by atoms with E-state index >= 15 is 0 Å². The molecule has 2 aromatic rings. The van der Waals surface area contributed by atoms with Gasteiger partial charge in [0.1, 0.15) is 17.6 Å². The van der Waals surface area contributed by atoms with Crippen molar-refractivity contribution in [3.8, 4) is 5.75 Å². The Labute approximate surface area is 163 Å². The van der Waals surface area contributed by atoms with Gasteiger partial charge in [0.25, 0.3) is 0 Å². The first-order chi connectivity index (χ1) is 13.2. The van der Waals surface area contributed by atoms with Crippen molar-refractivity contribution < 1.29 is 22.4 Å². The van der Waals surface area contributed by atoms with Crippen molar-refractivity contribution in [2.45, 2.75) is 31.3 Å². The number of benzene rings is 1. The Morgan fingerprint density at radius 3 is 2.79 bits per heavy atom. The van der Waals surface area contributed by atoms with Gasteiger partial charge >= 0.3 is 5.63 Å². The van der Waals surface area contributed by atoms with Crippen molar-refractivity contribution in [1.29, 1.82) is 0 Å². The summed E-state index contributed by atoms with van der Waals surface area (Å²) in [6, 6.07) is 9.35. The van der Waals surface area contributed by atoms with Crippen molar-refractivity contribution in [3.63, 3.8) is 0 Å². The van der Waals surface area contributed by atoms with Crippen molar-refractivity contribution in [2.75, 3.05) is 19.6 Å². The number of nitrogens with zero attached hydrogens (tertiary/aromatic N) is 1. The monoisotopic (exact) mass is 406 g/mol. The van der Waals surface area contributed by atoms with E-state index in [0.29, 0.717) is 31.0 Å². The molecule has 2 heterocycles. The molecule has 1 N–H and O–H groups in total. The standard InChI is InChI=1S/C19H22N2O6S/c1-13-4-3-5-17(8-13)28(24,25)20-11-18(22)21-7-6-15(12-21)27-16-9-14(2)26-19(23)10-16/h3-5,8-10,15,20H,6-7,11-12H2,1-2H3. The van der Waals surface area contributed by atoms with Gasteiger partial charge in [-0.25, -0.2) is 17.9 Å². The number of aryl methyl sites for hydroxylation is 2. The highest BCUT2D eigenvalue weighted by atomic mass is 32.2. The summed E-state index contributed by atoms with van der Waals surface area (Å²) in [4.78, 5) is 25.4. The predicted octanol–water partition coefficient (Wildman–Crippen LogP) is 1.21. The lowest BCUT2D eigenvalue weighted by Crippen LogP contribution is -2.39. The summed E-state index contributed by atoms with van der Waals surface area (Å²) in [6.07, 6.45) is 0.328. The van der Waals surface area contributed by atoms with Gasteiger partial charge in [-0.3, -0.25) is 4.79 Å². The molecule has 8 nitrogen and oxygen atoms in total. The van der Waals surface area contributed by atoms with E-state index in [-0.39, 0.29) is 23.5 Å². The summed E-state index contributed by atoms with van der Waals surface area (Å²) in [7, 11) is -3.75. The van der Waals surface area contributed by atoms with E-state index in [1.807, 2.05) is 0 Å². The van der Waals surface area contributed by atoms with E-state index in [1.165, 1.54) is 12.1 Å². The molecule has 1 aliphatic rings. The molecule has 1 fully saturated rings. The summed E-state index contributed by atoms with van der Waals surface area (Å²) in [6.45, 7) is 3.91. The number of hydrogen-bond donors (Lipinski definition) is 1. The third-order valence-electron chi connectivity index (χ3n) is 4.38. The van der Waals surface area contributed by atoms with E-state index in [2.05, 4.69) is 4.72 Å². The van der Waals surface area contributed by atoms with E-state index in [4.69, 9.17) is 9.15 Å². The van der Waals surface area contributed by atoms with Gasteiger partial charge in [0.05, 0.1) is 24.1 Å². The summed E-state index contributed by atoms with van der Waals surface area (Å²) >= 11 is 0. The van der Waals surface area contributed by atoms with Crippen molar-refractivity contribution >= 4 is 15.9 Å². The van der Waals surface area contributed by atoms with Crippen LogP contribution in [0, 0.1) is 13.8 Å². The molecule has 1 aromatic carbocycles. The quantitative estimate of drug-likeness (QED) is 0.773. The first-order valence-corrected chi connectivity index (χ1v) is 10.3. The molecule has 0 bridgehead atoms. The maximum Gasteiger partial charge on any atom is 0.339 e. The van der Waals surface area contributed by atoms with Gasteiger partial charge in [-0.2, -0.15) is 0 Å². The first kappa shape index (κ1) is 20.1. The van der Waals surface area contributed by atoms with E-state index in [9.17, 15) is 18.0 Å². The topological polar surface area (TPSA) is 106 Å². The van der Waals surface area contributed by atoms with Gasteiger partial charge < -0.3 is 14.1 Å². The van der Waals surface area contributed by atoms with E-state index in [0.717, 1.165) is 5.56 Å². The smallest absolute Gasteiger partial charge is 0.339 e. The zero-order valence-electron chi connectivity index (χ0n) is 15.7. The molecule has 0 spiro atoms. The summed E-state index contributed by atoms with van der Waals surface area (Å²) in [5.74, 6) is 0.512. The Kier molecular flexibility index (Phi) is 5.85. The van der Waals surface area contributed by atoms with Crippen LogP contribution < -0.4 is 15.1 Å². The molecule has 1 aromatic heterocycles. The van der Waals surface area contributed by atoms with Crippen LogP contribution >= 0.6 is 0 Å². The summed E-state index contributed by atoms with van der Waals surface area (Å²) in [5.41, 5.74) is 0.324. The fourth-order valence-corrected chi connectivity index (χ4v) is 4.10. The minimum Gasteiger partial charge on any atom is -0.488 e. The second-order valence-electron chi connectivity index (χ2n) is 6.73. The normalized spacial score (nSPS) is 16.9. The maximum absolute atomic E-state index is 12.4. The summed E-state index contributed by atoms with van der Waals surface area (Å²) < 4.78 is 37.6. The molecule has 1 atom stereocenters. The van der Waals surface area contributed by atoms with Crippen LogP contribution in [0.5, 0.6) is 5.75 Å². The molecule has 0 saturated carbocycles. The molecule has 1 aliphatic heterocycles. The number of carbonyl (C=O) groups is 1. The second kappa shape index (κ2) is 8.15.